The van der Waals surface area contributed by atoms with Crippen LogP contribution in [0.15, 0.2) is 24.3 Å². The Bertz CT molecular complexity index is 812. The second kappa shape index (κ2) is 9.30. The van der Waals surface area contributed by atoms with Crippen molar-refractivity contribution >= 4 is 34.0 Å². The highest BCUT2D eigenvalue weighted by atomic mass is 32.1. The van der Waals surface area contributed by atoms with Crippen LogP contribution in [-0.4, -0.2) is 41.3 Å². The quantitative estimate of drug-likeness (QED) is 0.777. The molecule has 3 rings (SSSR count). The largest absolute Gasteiger partial charge is 0.326 e. The van der Waals surface area contributed by atoms with Crippen molar-refractivity contribution in [3.8, 4) is 0 Å². The number of nitrogens with one attached hydrogen (secondary N) is 2. The monoisotopic (exact) mass is 400 g/mol. The molecule has 2 aromatic rings. The summed E-state index contributed by atoms with van der Waals surface area (Å²) >= 11 is 1.49. The number of aryl methyl sites for hydroxylation is 3. The lowest BCUT2D eigenvalue weighted by molar-refractivity contribution is -0.123. The Hall–Kier alpha value is -2.25. The van der Waals surface area contributed by atoms with Gasteiger partial charge in [-0.1, -0.05) is 19.1 Å². The third kappa shape index (κ3) is 5.39. The first kappa shape index (κ1) is 20.5. The van der Waals surface area contributed by atoms with E-state index in [-0.39, 0.29) is 24.3 Å². The molecular weight excluding hydrogens is 372 g/mol. The van der Waals surface area contributed by atoms with Gasteiger partial charge in [-0.25, -0.2) is 4.98 Å². The second-order valence-electron chi connectivity index (χ2n) is 7.32. The highest BCUT2D eigenvalue weighted by Gasteiger charge is 2.27. The van der Waals surface area contributed by atoms with Gasteiger partial charge in [-0.2, -0.15) is 0 Å². The number of hydrogen-bond acceptors (Lipinski definition) is 5. The Morgan fingerprint density at radius 3 is 2.61 bits per heavy atom. The second-order valence-corrected chi connectivity index (χ2v) is 8.53. The number of carbonyl (C=O) groups excluding carboxylic acids is 2. The summed E-state index contributed by atoms with van der Waals surface area (Å²) in [5.74, 6) is -0.151. The molecular formula is C21H28N4O2S. The molecule has 1 aromatic carbocycles. The van der Waals surface area contributed by atoms with E-state index in [0.717, 1.165) is 42.1 Å². The number of thiazole rings is 1. The summed E-state index contributed by atoms with van der Waals surface area (Å²) in [6.45, 7) is 7.75. The molecule has 0 spiro atoms. The van der Waals surface area contributed by atoms with Crippen LogP contribution in [0.2, 0.25) is 0 Å². The third-order valence-electron chi connectivity index (χ3n) is 5.15. The highest BCUT2D eigenvalue weighted by Crippen LogP contribution is 2.22. The molecule has 0 bridgehead atoms. The van der Waals surface area contributed by atoms with Gasteiger partial charge in [0.05, 0.1) is 18.2 Å². The smallest absolute Gasteiger partial charge is 0.240 e. The topological polar surface area (TPSA) is 74.3 Å². The summed E-state index contributed by atoms with van der Waals surface area (Å²) < 4.78 is 0. The van der Waals surface area contributed by atoms with Crippen molar-refractivity contribution in [2.24, 2.45) is 5.92 Å². The lowest BCUT2D eigenvalue weighted by Crippen LogP contribution is -2.43. The summed E-state index contributed by atoms with van der Waals surface area (Å²) in [5.41, 5.74) is 3.02. The molecule has 1 aliphatic heterocycles. The molecule has 6 nitrogen and oxygen atoms in total. The number of aromatic nitrogens is 1. The van der Waals surface area contributed by atoms with Crippen molar-refractivity contribution < 1.29 is 9.59 Å². The fourth-order valence-electron chi connectivity index (χ4n) is 3.37. The van der Waals surface area contributed by atoms with Crippen LogP contribution in [0.4, 0.5) is 10.8 Å². The first-order chi connectivity index (χ1) is 13.4. The van der Waals surface area contributed by atoms with Gasteiger partial charge in [0.15, 0.2) is 5.13 Å². The van der Waals surface area contributed by atoms with Crippen molar-refractivity contribution in [3.63, 3.8) is 0 Å². The van der Waals surface area contributed by atoms with Gasteiger partial charge in [-0.05, 0) is 57.4 Å². The number of piperidine rings is 1. The number of hydrogen-bond donors (Lipinski definition) is 2. The van der Waals surface area contributed by atoms with E-state index < -0.39 is 0 Å². The number of amides is 2. The minimum absolute atomic E-state index is 0.0283. The summed E-state index contributed by atoms with van der Waals surface area (Å²) in [7, 11) is 0. The normalized spacial score (nSPS) is 17.3. The van der Waals surface area contributed by atoms with E-state index in [4.69, 9.17) is 0 Å². The summed E-state index contributed by atoms with van der Waals surface area (Å²) in [6.07, 6.45) is 2.74. The average molecular weight is 401 g/mol. The summed E-state index contributed by atoms with van der Waals surface area (Å²) in [4.78, 5) is 32.5. The predicted molar refractivity (Wildman–Crippen MR) is 114 cm³/mol. The van der Waals surface area contributed by atoms with Gasteiger partial charge >= 0.3 is 0 Å². The lowest BCUT2D eigenvalue weighted by atomic mass is 9.97. The molecule has 1 fully saturated rings. The molecule has 28 heavy (non-hydrogen) atoms. The van der Waals surface area contributed by atoms with Crippen LogP contribution in [0.1, 0.15) is 35.9 Å². The molecule has 1 unspecified atom stereocenters. The minimum Gasteiger partial charge on any atom is -0.326 e. The summed E-state index contributed by atoms with van der Waals surface area (Å²) in [6, 6.07) is 7.97. The molecule has 1 atom stereocenters. The van der Waals surface area contributed by atoms with Crippen LogP contribution in [0, 0.1) is 19.8 Å². The molecule has 1 aromatic heterocycles. The predicted octanol–water partition coefficient (Wildman–Crippen LogP) is 3.61. The zero-order valence-corrected chi connectivity index (χ0v) is 17.6. The van der Waals surface area contributed by atoms with E-state index in [1.807, 2.05) is 38.1 Å². The molecule has 2 heterocycles. The number of carbonyl (C=O) groups is 2. The number of likely N-dealkylation sites (tertiary alicyclic amines) is 1. The van der Waals surface area contributed by atoms with Gasteiger partial charge in [-0.15, -0.1) is 11.3 Å². The molecule has 150 valence electrons. The SMILES string of the molecule is CCc1ccc(NC(=O)C2CCCN(CC(=O)Nc3nc(C)c(C)s3)C2)cc1. The van der Waals surface area contributed by atoms with Gasteiger partial charge < -0.3 is 10.6 Å². The fraction of sp³-hybridized carbons (Fsp3) is 0.476. The van der Waals surface area contributed by atoms with Crippen LogP contribution < -0.4 is 10.6 Å². The van der Waals surface area contributed by atoms with Gasteiger partial charge in [0.1, 0.15) is 0 Å². The molecule has 2 N–H and O–H groups in total. The fourth-order valence-corrected chi connectivity index (χ4v) is 4.20. The van der Waals surface area contributed by atoms with Crippen LogP contribution in [-0.2, 0) is 16.0 Å². The highest BCUT2D eigenvalue weighted by molar-refractivity contribution is 7.15. The van der Waals surface area contributed by atoms with E-state index in [9.17, 15) is 9.59 Å². The van der Waals surface area contributed by atoms with Crippen molar-refractivity contribution in [1.29, 1.82) is 0 Å². The first-order valence-corrected chi connectivity index (χ1v) is 10.6. The van der Waals surface area contributed by atoms with Gasteiger partial charge in [0.25, 0.3) is 0 Å². The van der Waals surface area contributed by atoms with Crippen LogP contribution >= 0.6 is 11.3 Å². The third-order valence-corrected chi connectivity index (χ3v) is 6.14. The van der Waals surface area contributed by atoms with Crippen molar-refractivity contribution in [1.82, 2.24) is 9.88 Å². The maximum atomic E-state index is 12.6. The molecule has 1 saturated heterocycles. The Morgan fingerprint density at radius 2 is 1.96 bits per heavy atom. The van der Waals surface area contributed by atoms with Gasteiger partial charge in [0, 0.05) is 17.1 Å². The Balaban J connectivity index is 1.51. The maximum Gasteiger partial charge on any atom is 0.240 e. The zero-order chi connectivity index (χ0) is 20.1. The average Bonchev–Trinajstić information content (AvgIpc) is 2.99. The van der Waals surface area contributed by atoms with E-state index in [1.54, 1.807) is 0 Å². The molecule has 0 radical (unpaired) electrons. The standard InChI is InChI=1S/C21H28N4O2S/c1-4-16-7-9-18(10-8-16)23-20(27)17-6-5-11-25(12-17)13-19(26)24-21-22-14(2)15(3)28-21/h7-10,17H,4-6,11-13H2,1-3H3,(H,23,27)(H,22,24,26). The zero-order valence-electron chi connectivity index (χ0n) is 16.7. The molecule has 2 amide bonds. The number of benzene rings is 1. The van der Waals surface area contributed by atoms with Crippen LogP contribution in [0.25, 0.3) is 0 Å². The summed E-state index contributed by atoms with van der Waals surface area (Å²) in [5, 5.41) is 6.52. The van der Waals surface area contributed by atoms with Crippen molar-refractivity contribution in [3.05, 3.63) is 40.4 Å². The Labute approximate surface area is 170 Å². The number of anilines is 2. The van der Waals surface area contributed by atoms with Crippen LogP contribution in [0.3, 0.4) is 0 Å². The number of rotatable bonds is 6. The molecule has 0 aliphatic carbocycles. The minimum atomic E-state index is -0.100. The van der Waals surface area contributed by atoms with E-state index in [0.29, 0.717) is 11.7 Å². The van der Waals surface area contributed by atoms with E-state index in [2.05, 4.69) is 27.4 Å². The first-order valence-electron chi connectivity index (χ1n) is 9.80. The Kier molecular flexibility index (Phi) is 6.80. The molecule has 0 saturated carbocycles. The van der Waals surface area contributed by atoms with Crippen molar-refractivity contribution in [2.45, 2.75) is 40.0 Å². The maximum absolute atomic E-state index is 12.6. The van der Waals surface area contributed by atoms with Gasteiger partial charge in [0.2, 0.25) is 11.8 Å². The van der Waals surface area contributed by atoms with E-state index in [1.165, 1.54) is 16.9 Å². The molecule has 7 heteroatoms. The van der Waals surface area contributed by atoms with Crippen LogP contribution in [0.5, 0.6) is 0 Å². The Morgan fingerprint density at radius 1 is 1.21 bits per heavy atom. The van der Waals surface area contributed by atoms with Crippen molar-refractivity contribution in [2.75, 3.05) is 30.3 Å². The number of nitrogens with zero attached hydrogens (tertiary/aromatic N) is 2. The molecule has 1 aliphatic rings. The van der Waals surface area contributed by atoms with Gasteiger partial charge in [-0.3, -0.25) is 14.5 Å². The van der Waals surface area contributed by atoms with E-state index >= 15 is 0 Å². The lowest BCUT2D eigenvalue weighted by Gasteiger charge is -2.31.